The van der Waals surface area contributed by atoms with Crippen LogP contribution in [0.25, 0.3) is 0 Å². The highest BCUT2D eigenvalue weighted by molar-refractivity contribution is 6.30. The highest BCUT2D eigenvalue weighted by atomic mass is 35.5. The van der Waals surface area contributed by atoms with E-state index in [1.807, 2.05) is 0 Å². The minimum atomic E-state index is -1.52. The topological polar surface area (TPSA) is 57.5 Å². The second-order valence-electron chi connectivity index (χ2n) is 3.17. The van der Waals surface area contributed by atoms with Gasteiger partial charge in [0.05, 0.1) is 5.02 Å². The molecule has 0 bridgehead atoms. The number of hydrogen-bond acceptors (Lipinski definition) is 3. The molecule has 82 valence electrons. The monoisotopic (exact) mass is 232 g/mol. The number of Topliss-reactive ketones (excluding diaryl/α,β-unsaturated/α-hetero) is 1. The first-order chi connectivity index (χ1) is 6.93. The summed E-state index contributed by atoms with van der Waals surface area (Å²) >= 11 is 5.49. The summed E-state index contributed by atoms with van der Waals surface area (Å²) in [5, 5.41) is 18.6. The first kappa shape index (κ1) is 12.1. The molecule has 0 aliphatic carbocycles. The molecular weight excluding hydrogens is 223 g/mol. The molecule has 0 aromatic heterocycles. The first-order valence-electron chi connectivity index (χ1n) is 4.25. The fourth-order valence-corrected chi connectivity index (χ4v) is 1.29. The average Bonchev–Trinajstić information content (AvgIpc) is 2.19. The molecule has 15 heavy (non-hydrogen) atoms. The summed E-state index contributed by atoms with van der Waals surface area (Å²) < 4.78 is 12.8. The molecule has 0 radical (unpaired) electrons. The number of aliphatic hydroxyl groups excluding tert-OH is 2. The molecule has 0 saturated heterocycles. The quantitative estimate of drug-likeness (QED) is 0.830. The molecule has 0 aliphatic rings. The van der Waals surface area contributed by atoms with Crippen molar-refractivity contribution in [3.8, 4) is 0 Å². The van der Waals surface area contributed by atoms with Crippen LogP contribution in [-0.4, -0.2) is 22.1 Å². The van der Waals surface area contributed by atoms with Crippen molar-refractivity contribution in [2.24, 2.45) is 0 Å². The van der Waals surface area contributed by atoms with Crippen molar-refractivity contribution in [1.29, 1.82) is 0 Å². The third-order valence-electron chi connectivity index (χ3n) is 2.00. The van der Waals surface area contributed by atoms with Gasteiger partial charge in [-0.1, -0.05) is 17.7 Å². The summed E-state index contributed by atoms with van der Waals surface area (Å²) in [5.41, 5.74) is 0.198. The Morgan fingerprint density at radius 3 is 2.53 bits per heavy atom. The molecule has 0 fully saturated rings. The van der Waals surface area contributed by atoms with E-state index in [2.05, 4.69) is 0 Å². The van der Waals surface area contributed by atoms with Crippen molar-refractivity contribution in [3.63, 3.8) is 0 Å². The Morgan fingerprint density at radius 1 is 1.47 bits per heavy atom. The molecule has 0 unspecified atom stereocenters. The van der Waals surface area contributed by atoms with Crippen LogP contribution in [0.5, 0.6) is 0 Å². The fourth-order valence-electron chi connectivity index (χ4n) is 1.10. The lowest BCUT2D eigenvalue weighted by Crippen LogP contribution is -2.25. The highest BCUT2D eigenvalue weighted by Gasteiger charge is 2.22. The molecule has 1 aromatic carbocycles. The van der Waals surface area contributed by atoms with E-state index in [1.54, 1.807) is 0 Å². The van der Waals surface area contributed by atoms with E-state index in [1.165, 1.54) is 12.1 Å². The summed E-state index contributed by atoms with van der Waals surface area (Å²) in [6.45, 7) is 1.15. The van der Waals surface area contributed by atoms with E-state index < -0.39 is 23.8 Å². The predicted octanol–water partition coefficient (Wildman–Crippen LogP) is 1.46. The maximum Gasteiger partial charge on any atom is 0.161 e. The van der Waals surface area contributed by atoms with Crippen molar-refractivity contribution in [1.82, 2.24) is 0 Å². The van der Waals surface area contributed by atoms with Gasteiger partial charge in [-0.25, -0.2) is 4.39 Å². The molecule has 0 heterocycles. The van der Waals surface area contributed by atoms with Crippen LogP contribution in [0.4, 0.5) is 4.39 Å². The van der Waals surface area contributed by atoms with Crippen molar-refractivity contribution in [2.45, 2.75) is 19.1 Å². The van der Waals surface area contributed by atoms with Gasteiger partial charge in [0.2, 0.25) is 0 Å². The normalized spacial score (nSPS) is 14.7. The molecule has 1 rings (SSSR count). The van der Waals surface area contributed by atoms with Gasteiger partial charge in [-0.3, -0.25) is 4.79 Å². The first-order valence-corrected chi connectivity index (χ1v) is 4.63. The van der Waals surface area contributed by atoms with Crippen LogP contribution in [0.1, 0.15) is 18.6 Å². The molecule has 5 heteroatoms. The highest BCUT2D eigenvalue weighted by Crippen LogP contribution is 2.23. The van der Waals surface area contributed by atoms with Crippen LogP contribution < -0.4 is 0 Å². The van der Waals surface area contributed by atoms with Gasteiger partial charge in [0.15, 0.2) is 5.78 Å². The van der Waals surface area contributed by atoms with Crippen LogP contribution >= 0.6 is 11.6 Å². The molecule has 0 saturated carbocycles. The van der Waals surface area contributed by atoms with Crippen LogP contribution in [0, 0.1) is 5.82 Å². The Labute approximate surface area is 91.1 Å². The molecule has 2 N–H and O–H groups in total. The van der Waals surface area contributed by atoms with Crippen molar-refractivity contribution < 1.29 is 19.4 Å². The number of aliphatic hydroxyl groups is 2. The van der Waals surface area contributed by atoms with Gasteiger partial charge >= 0.3 is 0 Å². The van der Waals surface area contributed by atoms with E-state index in [4.69, 9.17) is 11.6 Å². The molecule has 2 atom stereocenters. The van der Waals surface area contributed by atoms with Gasteiger partial charge in [0.1, 0.15) is 18.0 Å². The predicted molar refractivity (Wildman–Crippen MR) is 53.1 cm³/mol. The second kappa shape index (κ2) is 4.70. The third kappa shape index (κ3) is 2.75. The summed E-state index contributed by atoms with van der Waals surface area (Å²) in [5.74, 6) is -1.19. The SMILES string of the molecule is CC(=O)[C@H](O)[C@@H](O)c1ccc(F)c(Cl)c1. The largest absolute Gasteiger partial charge is 0.385 e. The van der Waals surface area contributed by atoms with Crippen molar-refractivity contribution >= 4 is 17.4 Å². The number of halogens is 2. The van der Waals surface area contributed by atoms with E-state index in [9.17, 15) is 19.4 Å². The Morgan fingerprint density at radius 2 is 2.07 bits per heavy atom. The lowest BCUT2D eigenvalue weighted by Gasteiger charge is -2.15. The number of hydrogen-bond donors (Lipinski definition) is 2. The molecule has 0 spiro atoms. The van der Waals surface area contributed by atoms with Crippen LogP contribution in [-0.2, 0) is 4.79 Å². The summed E-state index contributed by atoms with van der Waals surface area (Å²) in [7, 11) is 0. The standard InChI is InChI=1S/C10H10ClFO3/c1-5(13)9(14)10(15)6-2-3-8(12)7(11)4-6/h2-4,9-10,14-15H,1H3/t9-,10-/m0/s1. The van der Waals surface area contributed by atoms with Crippen molar-refractivity contribution in [2.75, 3.05) is 0 Å². The number of benzene rings is 1. The summed E-state index contributed by atoms with van der Waals surface area (Å²) in [6, 6.07) is 3.50. The third-order valence-corrected chi connectivity index (χ3v) is 2.29. The maximum atomic E-state index is 12.8. The smallest absolute Gasteiger partial charge is 0.161 e. The van der Waals surface area contributed by atoms with E-state index in [-0.39, 0.29) is 10.6 Å². The molecular formula is C10H10ClFO3. The van der Waals surface area contributed by atoms with Gasteiger partial charge in [-0.2, -0.15) is 0 Å². The zero-order valence-corrected chi connectivity index (χ0v) is 8.70. The zero-order valence-electron chi connectivity index (χ0n) is 7.95. The lowest BCUT2D eigenvalue weighted by atomic mass is 10.0. The summed E-state index contributed by atoms with van der Waals surface area (Å²) in [4.78, 5) is 10.8. The van der Waals surface area contributed by atoms with Crippen LogP contribution in [0.3, 0.4) is 0 Å². The van der Waals surface area contributed by atoms with Gasteiger partial charge in [0, 0.05) is 0 Å². The summed E-state index contributed by atoms with van der Waals surface area (Å²) in [6.07, 6.45) is -2.91. The number of carbonyl (C=O) groups is 1. The second-order valence-corrected chi connectivity index (χ2v) is 3.58. The maximum absolute atomic E-state index is 12.8. The molecule has 3 nitrogen and oxygen atoms in total. The minimum Gasteiger partial charge on any atom is -0.385 e. The Hall–Kier alpha value is -0.970. The Kier molecular flexibility index (Phi) is 3.79. The number of ketones is 1. The number of carbonyl (C=O) groups excluding carboxylic acids is 1. The Balaban J connectivity index is 2.96. The van der Waals surface area contributed by atoms with Crippen molar-refractivity contribution in [3.05, 3.63) is 34.6 Å². The van der Waals surface area contributed by atoms with Crippen LogP contribution in [0.15, 0.2) is 18.2 Å². The zero-order chi connectivity index (χ0) is 11.6. The van der Waals surface area contributed by atoms with Gasteiger partial charge in [0.25, 0.3) is 0 Å². The van der Waals surface area contributed by atoms with Gasteiger partial charge in [-0.15, -0.1) is 0 Å². The van der Waals surface area contributed by atoms with Gasteiger partial charge in [-0.05, 0) is 24.6 Å². The van der Waals surface area contributed by atoms with E-state index >= 15 is 0 Å². The molecule has 0 amide bonds. The fraction of sp³-hybridized carbons (Fsp3) is 0.300. The molecule has 0 aliphatic heterocycles. The molecule has 1 aromatic rings. The van der Waals surface area contributed by atoms with E-state index in [0.29, 0.717) is 0 Å². The van der Waals surface area contributed by atoms with Gasteiger partial charge < -0.3 is 10.2 Å². The number of rotatable bonds is 3. The van der Waals surface area contributed by atoms with Crippen LogP contribution in [0.2, 0.25) is 5.02 Å². The van der Waals surface area contributed by atoms with E-state index in [0.717, 1.165) is 13.0 Å². The average molecular weight is 233 g/mol. The lowest BCUT2D eigenvalue weighted by molar-refractivity contribution is -0.130. The Bertz CT molecular complexity index is 381. The minimum absolute atomic E-state index is 0.165.